The Hall–Kier alpha value is -0.120. The van der Waals surface area contributed by atoms with Gasteiger partial charge in [-0.3, -0.25) is 0 Å². The summed E-state index contributed by atoms with van der Waals surface area (Å²) < 4.78 is 5.72. The molecule has 0 aromatic rings. The van der Waals surface area contributed by atoms with Crippen molar-refractivity contribution < 1.29 is 4.74 Å². The summed E-state index contributed by atoms with van der Waals surface area (Å²) in [5.74, 6) is 0. The predicted molar refractivity (Wildman–Crippen MR) is 75.7 cm³/mol. The average molecular weight is 254 g/mol. The first-order valence-corrected chi connectivity index (χ1v) is 7.82. The lowest BCUT2D eigenvalue weighted by Gasteiger charge is -2.42. The van der Waals surface area contributed by atoms with Gasteiger partial charge in [0.25, 0.3) is 0 Å². The summed E-state index contributed by atoms with van der Waals surface area (Å²) in [5.41, 5.74) is 6.51. The summed E-state index contributed by atoms with van der Waals surface area (Å²) in [4.78, 5) is 2.63. The topological polar surface area (TPSA) is 38.5 Å². The first-order valence-electron chi connectivity index (χ1n) is 7.82. The van der Waals surface area contributed by atoms with E-state index in [0.717, 1.165) is 13.2 Å². The van der Waals surface area contributed by atoms with Gasteiger partial charge in [0.15, 0.2) is 0 Å². The molecular formula is C15H30N2O. The molecule has 2 aliphatic rings. The van der Waals surface area contributed by atoms with Gasteiger partial charge >= 0.3 is 0 Å². The van der Waals surface area contributed by atoms with Crippen molar-refractivity contribution in [3.05, 3.63) is 0 Å². The molecule has 0 unspecified atom stereocenters. The van der Waals surface area contributed by atoms with Crippen molar-refractivity contribution in [1.29, 1.82) is 0 Å². The highest BCUT2D eigenvalue weighted by Crippen LogP contribution is 2.36. The predicted octanol–water partition coefficient (Wildman–Crippen LogP) is 2.40. The van der Waals surface area contributed by atoms with Gasteiger partial charge in [-0.2, -0.15) is 0 Å². The van der Waals surface area contributed by atoms with Crippen molar-refractivity contribution in [2.75, 3.05) is 32.8 Å². The molecule has 2 N–H and O–H groups in total. The van der Waals surface area contributed by atoms with E-state index in [1.807, 2.05) is 0 Å². The Bertz CT molecular complexity index is 231. The molecule has 3 heteroatoms. The second-order valence-corrected chi connectivity index (χ2v) is 6.20. The molecule has 1 aliphatic heterocycles. The van der Waals surface area contributed by atoms with Gasteiger partial charge in [-0.15, -0.1) is 0 Å². The number of likely N-dealkylation sites (tertiary alicyclic amines) is 1. The van der Waals surface area contributed by atoms with Crippen LogP contribution in [-0.4, -0.2) is 43.8 Å². The van der Waals surface area contributed by atoms with Crippen LogP contribution in [0.1, 0.15) is 51.9 Å². The summed E-state index contributed by atoms with van der Waals surface area (Å²) in [6, 6.07) is 0. The SMILES string of the molecule is CCOC1CCN(CC2(CN)CCCCC2)CC1. The zero-order valence-corrected chi connectivity index (χ0v) is 12.0. The van der Waals surface area contributed by atoms with Gasteiger partial charge in [-0.1, -0.05) is 19.3 Å². The van der Waals surface area contributed by atoms with Crippen molar-refractivity contribution >= 4 is 0 Å². The number of nitrogens with two attached hydrogens (primary N) is 1. The molecule has 18 heavy (non-hydrogen) atoms. The highest BCUT2D eigenvalue weighted by Gasteiger charge is 2.33. The van der Waals surface area contributed by atoms with Crippen LogP contribution in [0.5, 0.6) is 0 Å². The minimum Gasteiger partial charge on any atom is -0.378 e. The summed E-state index contributed by atoms with van der Waals surface area (Å²) in [5, 5.41) is 0. The first kappa shape index (κ1) is 14.3. The fourth-order valence-electron chi connectivity index (χ4n) is 3.67. The molecule has 0 atom stereocenters. The fourth-order valence-corrected chi connectivity index (χ4v) is 3.67. The van der Waals surface area contributed by atoms with Gasteiger partial charge in [0.2, 0.25) is 0 Å². The van der Waals surface area contributed by atoms with Gasteiger partial charge in [0.05, 0.1) is 6.10 Å². The van der Waals surface area contributed by atoms with E-state index in [1.54, 1.807) is 0 Å². The molecule has 106 valence electrons. The van der Waals surface area contributed by atoms with Crippen molar-refractivity contribution in [2.24, 2.45) is 11.1 Å². The Balaban J connectivity index is 1.79. The van der Waals surface area contributed by atoms with Gasteiger partial charge < -0.3 is 15.4 Å². The summed E-state index contributed by atoms with van der Waals surface area (Å²) in [6.45, 7) is 7.45. The van der Waals surface area contributed by atoms with Crippen LogP contribution in [0.3, 0.4) is 0 Å². The molecule has 1 saturated heterocycles. The molecule has 3 nitrogen and oxygen atoms in total. The van der Waals surface area contributed by atoms with Crippen LogP contribution < -0.4 is 5.73 Å². The van der Waals surface area contributed by atoms with Crippen molar-refractivity contribution in [3.63, 3.8) is 0 Å². The third kappa shape index (κ3) is 3.69. The van der Waals surface area contributed by atoms with E-state index in [9.17, 15) is 0 Å². The quantitative estimate of drug-likeness (QED) is 0.819. The molecule has 0 radical (unpaired) electrons. The monoisotopic (exact) mass is 254 g/mol. The van der Waals surface area contributed by atoms with Gasteiger partial charge in [-0.05, 0) is 44.6 Å². The maximum absolute atomic E-state index is 6.08. The minimum absolute atomic E-state index is 0.427. The Morgan fingerprint density at radius 2 is 1.83 bits per heavy atom. The molecule has 2 rings (SSSR count). The lowest BCUT2D eigenvalue weighted by molar-refractivity contribution is 0.000437. The number of piperidine rings is 1. The molecular weight excluding hydrogens is 224 g/mol. The van der Waals surface area contributed by atoms with Crippen LogP contribution in [0.15, 0.2) is 0 Å². The first-order chi connectivity index (χ1) is 8.78. The maximum Gasteiger partial charge on any atom is 0.0599 e. The van der Waals surface area contributed by atoms with E-state index >= 15 is 0 Å². The highest BCUT2D eigenvalue weighted by atomic mass is 16.5. The lowest BCUT2D eigenvalue weighted by atomic mass is 9.73. The van der Waals surface area contributed by atoms with Crippen LogP contribution in [0.2, 0.25) is 0 Å². The Morgan fingerprint density at radius 1 is 1.17 bits per heavy atom. The van der Waals surface area contributed by atoms with Gasteiger partial charge in [0.1, 0.15) is 0 Å². The van der Waals surface area contributed by atoms with Gasteiger partial charge in [-0.25, -0.2) is 0 Å². The second kappa shape index (κ2) is 6.88. The molecule has 0 aromatic heterocycles. The molecule has 0 spiro atoms. The van der Waals surface area contributed by atoms with Crippen LogP contribution in [0.4, 0.5) is 0 Å². The maximum atomic E-state index is 6.08. The molecule has 1 heterocycles. The third-order valence-electron chi connectivity index (χ3n) is 4.84. The van der Waals surface area contributed by atoms with E-state index in [0.29, 0.717) is 11.5 Å². The zero-order chi connectivity index (χ0) is 12.8. The highest BCUT2D eigenvalue weighted by molar-refractivity contribution is 4.88. The number of hydrogen-bond acceptors (Lipinski definition) is 3. The van der Waals surface area contributed by atoms with Crippen LogP contribution >= 0.6 is 0 Å². The third-order valence-corrected chi connectivity index (χ3v) is 4.84. The molecule has 1 aliphatic carbocycles. The average Bonchev–Trinajstić information content (AvgIpc) is 2.42. The number of hydrogen-bond donors (Lipinski definition) is 1. The van der Waals surface area contributed by atoms with Crippen LogP contribution in [0.25, 0.3) is 0 Å². The number of ether oxygens (including phenoxy) is 1. The minimum atomic E-state index is 0.427. The molecule has 0 amide bonds. The van der Waals surface area contributed by atoms with E-state index in [-0.39, 0.29) is 0 Å². The Kier molecular flexibility index (Phi) is 5.46. The van der Waals surface area contributed by atoms with E-state index in [2.05, 4.69) is 11.8 Å². The van der Waals surface area contributed by atoms with Crippen LogP contribution in [0, 0.1) is 5.41 Å². The smallest absolute Gasteiger partial charge is 0.0599 e. The number of rotatable bonds is 5. The van der Waals surface area contributed by atoms with Crippen molar-refractivity contribution in [2.45, 2.75) is 58.0 Å². The summed E-state index contributed by atoms with van der Waals surface area (Å²) >= 11 is 0. The Morgan fingerprint density at radius 3 is 2.39 bits per heavy atom. The number of nitrogens with zero attached hydrogens (tertiary/aromatic N) is 1. The molecule has 0 aromatic carbocycles. The lowest BCUT2D eigenvalue weighted by Crippen LogP contribution is -2.47. The van der Waals surface area contributed by atoms with E-state index < -0.39 is 0 Å². The molecule has 2 fully saturated rings. The second-order valence-electron chi connectivity index (χ2n) is 6.20. The fraction of sp³-hybridized carbons (Fsp3) is 1.00. The molecule has 1 saturated carbocycles. The standard InChI is InChI=1S/C15H30N2O/c1-2-18-14-6-10-17(11-7-14)13-15(12-16)8-4-3-5-9-15/h14H,2-13,16H2,1H3. The largest absolute Gasteiger partial charge is 0.378 e. The van der Waals surface area contributed by atoms with Crippen molar-refractivity contribution in [3.8, 4) is 0 Å². The normalized spacial score (nSPS) is 26.3. The van der Waals surface area contributed by atoms with Crippen molar-refractivity contribution in [1.82, 2.24) is 4.90 Å². The van der Waals surface area contributed by atoms with Crippen LogP contribution in [-0.2, 0) is 4.74 Å². The van der Waals surface area contributed by atoms with E-state index in [1.165, 1.54) is 64.6 Å². The Labute approximate surface area is 112 Å². The molecule has 0 bridgehead atoms. The summed E-state index contributed by atoms with van der Waals surface area (Å²) in [6.07, 6.45) is 9.77. The van der Waals surface area contributed by atoms with Gasteiger partial charge in [0, 0.05) is 26.2 Å². The van der Waals surface area contributed by atoms with E-state index in [4.69, 9.17) is 10.5 Å². The summed E-state index contributed by atoms with van der Waals surface area (Å²) in [7, 11) is 0. The zero-order valence-electron chi connectivity index (χ0n) is 12.0.